The monoisotopic (exact) mass is 367 g/mol. The quantitative estimate of drug-likeness (QED) is 0.814. The van der Waals surface area contributed by atoms with Gasteiger partial charge in [-0.25, -0.2) is 0 Å². The molecule has 2 aromatic rings. The number of aromatic nitrogens is 1. The minimum Gasteiger partial charge on any atom is -0.497 e. The number of ether oxygens (including phenoxy) is 1. The van der Waals surface area contributed by atoms with E-state index in [1.807, 2.05) is 42.5 Å². The van der Waals surface area contributed by atoms with Crippen LogP contribution < -0.4 is 10.1 Å². The minimum atomic E-state index is -0.165. The molecule has 6 heteroatoms. The number of methoxy groups -OCH3 is 1. The second kappa shape index (κ2) is 9.16. The zero-order valence-corrected chi connectivity index (χ0v) is 15.6. The van der Waals surface area contributed by atoms with E-state index in [1.54, 1.807) is 18.2 Å². The lowest BCUT2D eigenvalue weighted by Gasteiger charge is -2.32. The van der Waals surface area contributed by atoms with Crippen LogP contribution in [0.2, 0.25) is 0 Å². The van der Waals surface area contributed by atoms with Crippen LogP contribution in [0, 0.1) is 5.92 Å². The van der Waals surface area contributed by atoms with E-state index in [0.717, 1.165) is 23.4 Å². The summed E-state index contributed by atoms with van der Waals surface area (Å²) in [5, 5.41) is 2.94. The SMILES string of the molecule is COc1ccc(CCN2C[C@@H](C(=O)NCc3ccccn3)CCC2=O)cc1. The first-order valence-electron chi connectivity index (χ1n) is 9.24. The highest BCUT2D eigenvalue weighted by molar-refractivity contribution is 5.83. The molecule has 1 N–H and O–H groups in total. The molecule has 1 fully saturated rings. The summed E-state index contributed by atoms with van der Waals surface area (Å²) in [5.74, 6) is 0.764. The number of nitrogens with zero attached hydrogens (tertiary/aromatic N) is 2. The number of carbonyl (C=O) groups excluding carboxylic acids is 2. The van der Waals surface area contributed by atoms with Crippen LogP contribution >= 0.6 is 0 Å². The van der Waals surface area contributed by atoms with Gasteiger partial charge in [-0.15, -0.1) is 0 Å². The molecule has 0 saturated carbocycles. The van der Waals surface area contributed by atoms with Crippen molar-refractivity contribution in [1.82, 2.24) is 15.2 Å². The fraction of sp³-hybridized carbons (Fsp3) is 0.381. The number of amides is 2. The third kappa shape index (κ3) is 5.29. The maximum Gasteiger partial charge on any atom is 0.225 e. The Bertz CT molecular complexity index is 762. The largest absolute Gasteiger partial charge is 0.497 e. The third-order valence-corrected chi connectivity index (χ3v) is 4.87. The molecule has 27 heavy (non-hydrogen) atoms. The molecule has 1 aliphatic rings. The zero-order chi connectivity index (χ0) is 19.1. The number of carbonyl (C=O) groups is 2. The first-order valence-corrected chi connectivity index (χ1v) is 9.24. The predicted octanol–water partition coefficient (Wildman–Crippen LogP) is 2.19. The van der Waals surface area contributed by atoms with Crippen molar-refractivity contribution in [3.8, 4) is 5.75 Å². The van der Waals surface area contributed by atoms with Gasteiger partial charge >= 0.3 is 0 Å². The van der Waals surface area contributed by atoms with Crippen molar-refractivity contribution in [3.63, 3.8) is 0 Å². The van der Waals surface area contributed by atoms with E-state index in [9.17, 15) is 9.59 Å². The van der Waals surface area contributed by atoms with E-state index in [2.05, 4.69) is 10.3 Å². The van der Waals surface area contributed by atoms with Crippen LogP contribution in [0.5, 0.6) is 5.75 Å². The van der Waals surface area contributed by atoms with E-state index in [-0.39, 0.29) is 17.7 Å². The average molecular weight is 367 g/mol. The Morgan fingerprint density at radius 2 is 2.07 bits per heavy atom. The first-order chi connectivity index (χ1) is 13.2. The Kier molecular flexibility index (Phi) is 6.41. The Labute approximate surface area is 159 Å². The van der Waals surface area contributed by atoms with Gasteiger partial charge in [0.25, 0.3) is 0 Å². The Morgan fingerprint density at radius 3 is 2.78 bits per heavy atom. The van der Waals surface area contributed by atoms with Crippen molar-refractivity contribution in [2.45, 2.75) is 25.8 Å². The summed E-state index contributed by atoms with van der Waals surface area (Å²) in [6.07, 6.45) is 3.50. The van der Waals surface area contributed by atoms with E-state index in [4.69, 9.17) is 4.74 Å². The van der Waals surface area contributed by atoms with E-state index in [1.165, 1.54) is 0 Å². The van der Waals surface area contributed by atoms with Crippen molar-refractivity contribution in [1.29, 1.82) is 0 Å². The smallest absolute Gasteiger partial charge is 0.225 e. The van der Waals surface area contributed by atoms with E-state index in [0.29, 0.717) is 32.5 Å². The van der Waals surface area contributed by atoms with Crippen LogP contribution in [0.1, 0.15) is 24.1 Å². The molecule has 0 bridgehead atoms. The molecule has 1 aromatic carbocycles. The second-order valence-electron chi connectivity index (χ2n) is 6.71. The second-order valence-corrected chi connectivity index (χ2v) is 6.71. The molecular weight excluding hydrogens is 342 g/mol. The van der Waals surface area contributed by atoms with Crippen molar-refractivity contribution < 1.29 is 14.3 Å². The summed E-state index contributed by atoms with van der Waals surface area (Å²) in [4.78, 5) is 30.7. The molecule has 1 saturated heterocycles. The van der Waals surface area contributed by atoms with E-state index < -0.39 is 0 Å². The number of hydrogen-bond acceptors (Lipinski definition) is 4. The van der Waals surface area contributed by atoms with Gasteiger partial charge in [0.1, 0.15) is 5.75 Å². The Balaban J connectivity index is 1.50. The number of pyridine rings is 1. The van der Waals surface area contributed by atoms with Gasteiger partial charge in [0.15, 0.2) is 0 Å². The molecule has 142 valence electrons. The molecule has 0 unspecified atom stereocenters. The van der Waals surface area contributed by atoms with Gasteiger partial charge in [-0.3, -0.25) is 14.6 Å². The van der Waals surface area contributed by atoms with Crippen molar-refractivity contribution in [2.24, 2.45) is 5.92 Å². The van der Waals surface area contributed by atoms with Gasteiger partial charge in [-0.2, -0.15) is 0 Å². The van der Waals surface area contributed by atoms with Crippen molar-refractivity contribution in [3.05, 3.63) is 59.9 Å². The Morgan fingerprint density at radius 1 is 1.26 bits per heavy atom. The number of piperidine rings is 1. The lowest BCUT2D eigenvalue weighted by atomic mass is 9.96. The molecule has 1 atom stereocenters. The number of likely N-dealkylation sites (tertiary alicyclic amines) is 1. The van der Waals surface area contributed by atoms with Crippen LogP contribution in [0.15, 0.2) is 48.7 Å². The summed E-state index contributed by atoms with van der Waals surface area (Å²) >= 11 is 0. The fourth-order valence-electron chi connectivity index (χ4n) is 3.23. The number of rotatable bonds is 7. The Hall–Kier alpha value is -2.89. The zero-order valence-electron chi connectivity index (χ0n) is 15.6. The summed E-state index contributed by atoms with van der Waals surface area (Å²) in [6, 6.07) is 13.5. The van der Waals surface area contributed by atoms with Crippen LogP contribution in [-0.2, 0) is 22.6 Å². The average Bonchev–Trinajstić information content (AvgIpc) is 2.72. The van der Waals surface area contributed by atoms with Crippen LogP contribution in [0.4, 0.5) is 0 Å². The highest BCUT2D eigenvalue weighted by Crippen LogP contribution is 2.19. The molecule has 0 radical (unpaired) electrons. The third-order valence-electron chi connectivity index (χ3n) is 4.87. The fourth-order valence-corrected chi connectivity index (χ4v) is 3.23. The van der Waals surface area contributed by atoms with Gasteiger partial charge in [0, 0.05) is 25.7 Å². The van der Waals surface area contributed by atoms with Crippen LogP contribution in [-0.4, -0.2) is 41.9 Å². The lowest BCUT2D eigenvalue weighted by molar-refractivity contribution is -0.138. The minimum absolute atomic E-state index is 0.0115. The maximum atomic E-state index is 12.5. The standard InChI is InChI=1S/C21H25N3O3/c1-27-19-8-5-16(6-9-19)11-13-24-15-17(7-10-20(24)25)21(26)23-14-18-4-2-3-12-22-18/h2-6,8-9,12,17H,7,10-11,13-15H2,1H3,(H,23,26)/t17-/m0/s1. The summed E-state index contributed by atoms with van der Waals surface area (Å²) in [7, 11) is 1.64. The molecule has 1 aromatic heterocycles. The normalized spacial score (nSPS) is 16.9. The molecule has 1 aliphatic heterocycles. The summed E-state index contributed by atoms with van der Waals surface area (Å²) < 4.78 is 5.16. The summed E-state index contributed by atoms with van der Waals surface area (Å²) in [6.45, 7) is 1.51. The molecule has 6 nitrogen and oxygen atoms in total. The number of hydrogen-bond donors (Lipinski definition) is 1. The summed E-state index contributed by atoms with van der Waals surface area (Å²) in [5.41, 5.74) is 1.97. The molecule has 0 aliphatic carbocycles. The molecular formula is C21H25N3O3. The molecule has 2 heterocycles. The first kappa shape index (κ1) is 18.9. The van der Waals surface area contributed by atoms with Crippen molar-refractivity contribution in [2.75, 3.05) is 20.2 Å². The van der Waals surface area contributed by atoms with Crippen LogP contribution in [0.25, 0.3) is 0 Å². The van der Waals surface area contributed by atoms with Gasteiger partial charge in [-0.1, -0.05) is 18.2 Å². The number of nitrogens with one attached hydrogen (secondary N) is 1. The highest BCUT2D eigenvalue weighted by atomic mass is 16.5. The lowest BCUT2D eigenvalue weighted by Crippen LogP contribution is -2.46. The number of benzene rings is 1. The highest BCUT2D eigenvalue weighted by Gasteiger charge is 2.29. The van der Waals surface area contributed by atoms with Crippen molar-refractivity contribution >= 4 is 11.8 Å². The van der Waals surface area contributed by atoms with Gasteiger partial charge in [0.2, 0.25) is 11.8 Å². The topological polar surface area (TPSA) is 71.5 Å². The van der Waals surface area contributed by atoms with Crippen LogP contribution in [0.3, 0.4) is 0 Å². The molecule has 2 amide bonds. The molecule has 3 rings (SSSR count). The van der Waals surface area contributed by atoms with Gasteiger partial charge in [0.05, 0.1) is 25.3 Å². The molecule has 0 spiro atoms. The predicted molar refractivity (Wildman–Crippen MR) is 102 cm³/mol. The van der Waals surface area contributed by atoms with E-state index >= 15 is 0 Å². The van der Waals surface area contributed by atoms with Gasteiger partial charge in [-0.05, 0) is 42.7 Å². The maximum absolute atomic E-state index is 12.5. The van der Waals surface area contributed by atoms with Gasteiger partial charge < -0.3 is 15.0 Å².